The van der Waals surface area contributed by atoms with E-state index in [0.29, 0.717) is 17.3 Å². The molecule has 2 N–H and O–H groups in total. The second-order valence-corrected chi connectivity index (χ2v) is 5.13. The fraction of sp³-hybridized carbons (Fsp3) is 0.500. The Hall–Kier alpha value is -0.530. The Kier molecular flexibility index (Phi) is 2.32. The average molecular weight is 210 g/mol. The minimum atomic E-state index is 0.364. The SMILES string of the molecule is CC1(C)[C@@H](CN)[C@@H]1c1ccc(Cl)cc1. The third-order valence-corrected chi connectivity index (χ3v) is 3.79. The van der Waals surface area contributed by atoms with Gasteiger partial charge in [-0.1, -0.05) is 37.6 Å². The predicted octanol–water partition coefficient (Wildman–Crippen LogP) is 3.04. The van der Waals surface area contributed by atoms with Crippen LogP contribution in [0, 0.1) is 11.3 Å². The molecule has 0 amide bonds. The topological polar surface area (TPSA) is 26.0 Å². The molecule has 0 aromatic heterocycles. The van der Waals surface area contributed by atoms with Crippen LogP contribution in [0.25, 0.3) is 0 Å². The summed E-state index contributed by atoms with van der Waals surface area (Å²) in [6, 6.07) is 8.15. The van der Waals surface area contributed by atoms with Crippen LogP contribution >= 0.6 is 11.6 Å². The van der Waals surface area contributed by atoms with E-state index in [0.717, 1.165) is 11.6 Å². The van der Waals surface area contributed by atoms with Gasteiger partial charge in [0.25, 0.3) is 0 Å². The zero-order valence-electron chi connectivity index (χ0n) is 8.63. The number of rotatable bonds is 2. The van der Waals surface area contributed by atoms with Gasteiger partial charge in [0.2, 0.25) is 0 Å². The van der Waals surface area contributed by atoms with Crippen molar-refractivity contribution < 1.29 is 0 Å². The van der Waals surface area contributed by atoms with Crippen LogP contribution in [0.5, 0.6) is 0 Å². The molecule has 1 aromatic carbocycles. The van der Waals surface area contributed by atoms with Crippen molar-refractivity contribution in [2.45, 2.75) is 19.8 Å². The summed E-state index contributed by atoms with van der Waals surface area (Å²) in [6.45, 7) is 5.34. The standard InChI is InChI=1S/C12H16ClN/c1-12(2)10(7-14)11(12)8-3-5-9(13)6-4-8/h3-6,10-11H,7,14H2,1-2H3/t10-,11-/m0/s1. The van der Waals surface area contributed by atoms with Gasteiger partial charge in [-0.2, -0.15) is 0 Å². The van der Waals surface area contributed by atoms with Crippen molar-refractivity contribution in [3.8, 4) is 0 Å². The summed E-state index contributed by atoms with van der Waals surface area (Å²) in [7, 11) is 0. The van der Waals surface area contributed by atoms with Gasteiger partial charge < -0.3 is 5.73 Å². The average Bonchev–Trinajstić information content (AvgIpc) is 2.69. The van der Waals surface area contributed by atoms with Crippen molar-refractivity contribution in [3.63, 3.8) is 0 Å². The van der Waals surface area contributed by atoms with Crippen LogP contribution in [0.15, 0.2) is 24.3 Å². The minimum absolute atomic E-state index is 0.364. The third kappa shape index (κ3) is 1.45. The van der Waals surface area contributed by atoms with E-state index in [1.165, 1.54) is 5.56 Å². The maximum atomic E-state index is 5.85. The van der Waals surface area contributed by atoms with E-state index in [1.54, 1.807) is 0 Å². The lowest BCUT2D eigenvalue weighted by Crippen LogP contribution is -2.05. The van der Waals surface area contributed by atoms with E-state index in [1.807, 2.05) is 12.1 Å². The number of hydrogen-bond acceptors (Lipinski definition) is 1. The van der Waals surface area contributed by atoms with Crippen LogP contribution in [0.3, 0.4) is 0 Å². The maximum absolute atomic E-state index is 5.85. The van der Waals surface area contributed by atoms with Crippen LogP contribution in [-0.4, -0.2) is 6.54 Å². The van der Waals surface area contributed by atoms with Gasteiger partial charge in [0.05, 0.1) is 0 Å². The van der Waals surface area contributed by atoms with E-state index in [-0.39, 0.29) is 0 Å². The van der Waals surface area contributed by atoms with Gasteiger partial charge in [-0.05, 0) is 41.5 Å². The lowest BCUT2D eigenvalue weighted by atomic mass is 10.0. The van der Waals surface area contributed by atoms with Gasteiger partial charge in [-0.3, -0.25) is 0 Å². The molecule has 1 saturated carbocycles. The monoisotopic (exact) mass is 209 g/mol. The Morgan fingerprint density at radius 1 is 1.29 bits per heavy atom. The molecular formula is C12H16ClN. The normalized spacial score (nSPS) is 28.9. The highest BCUT2D eigenvalue weighted by atomic mass is 35.5. The second-order valence-electron chi connectivity index (χ2n) is 4.69. The van der Waals surface area contributed by atoms with Crippen molar-refractivity contribution in [1.29, 1.82) is 0 Å². The van der Waals surface area contributed by atoms with Gasteiger partial charge in [0, 0.05) is 5.02 Å². The van der Waals surface area contributed by atoms with E-state index < -0.39 is 0 Å². The van der Waals surface area contributed by atoms with E-state index in [9.17, 15) is 0 Å². The van der Waals surface area contributed by atoms with Crippen LogP contribution in [0.1, 0.15) is 25.3 Å². The zero-order valence-corrected chi connectivity index (χ0v) is 9.38. The Balaban J connectivity index is 2.22. The first-order valence-electron chi connectivity index (χ1n) is 5.03. The number of nitrogens with two attached hydrogens (primary N) is 1. The van der Waals surface area contributed by atoms with Gasteiger partial charge in [0.15, 0.2) is 0 Å². The smallest absolute Gasteiger partial charge is 0.0406 e. The summed E-state index contributed by atoms with van der Waals surface area (Å²) >= 11 is 5.85. The highest BCUT2D eigenvalue weighted by molar-refractivity contribution is 6.30. The van der Waals surface area contributed by atoms with Crippen molar-refractivity contribution in [2.75, 3.05) is 6.54 Å². The Bertz CT molecular complexity index is 329. The molecule has 1 fully saturated rings. The molecule has 76 valence electrons. The van der Waals surface area contributed by atoms with Gasteiger partial charge in [-0.15, -0.1) is 0 Å². The molecular weight excluding hydrogens is 194 g/mol. The molecule has 2 rings (SSSR count). The summed E-state index contributed by atoms with van der Waals surface area (Å²) in [5.41, 5.74) is 7.47. The molecule has 0 spiro atoms. The van der Waals surface area contributed by atoms with E-state index in [2.05, 4.69) is 26.0 Å². The second kappa shape index (κ2) is 3.25. The minimum Gasteiger partial charge on any atom is -0.330 e. The van der Waals surface area contributed by atoms with E-state index in [4.69, 9.17) is 17.3 Å². The van der Waals surface area contributed by atoms with Gasteiger partial charge in [-0.25, -0.2) is 0 Å². The Morgan fingerprint density at radius 2 is 1.86 bits per heavy atom. The van der Waals surface area contributed by atoms with Crippen molar-refractivity contribution in [3.05, 3.63) is 34.9 Å². The molecule has 0 radical (unpaired) electrons. The Labute approximate surface area is 90.3 Å². The molecule has 2 atom stereocenters. The lowest BCUT2D eigenvalue weighted by molar-refractivity contribution is 0.558. The highest BCUT2D eigenvalue weighted by Gasteiger charge is 2.56. The van der Waals surface area contributed by atoms with Crippen LogP contribution in [0.4, 0.5) is 0 Å². The molecule has 1 nitrogen and oxygen atoms in total. The molecule has 0 unspecified atom stereocenters. The first-order valence-corrected chi connectivity index (χ1v) is 5.40. The summed E-state index contributed by atoms with van der Waals surface area (Å²) in [6.07, 6.45) is 0. The van der Waals surface area contributed by atoms with Crippen LogP contribution in [0.2, 0.25) is 5.02 Å². The lowest BCUT2D eigenvalue weighted by Gasteiger charge is -2.02. The van der Waals surface area contributed by atoms with Crippen LogP contribution in [-0.2, 0) is 0 Å². The summed E-state index contributed by atoms with van der Waals surface area (Å²) in [5.74, 6) is 1.24. The molecule has 2 heteroatoms. The summed E-state index contributed by atoms with van der Waals surface area (Å²) < 4.78 is 0. The zero-order chi connectivity index (χ0) is 10.3. The molecule has 1 aliphatic carbocycles. The fourth-order valence-corrected chi connectivity index (χ4v) is 2.64. The molecule has 0 aliphatic heterocycles. The first kappa shape index (κ1) is 10.0. The molecule has 0 heterocycles. The number of hydrogen-bond donors (Lipinski definition) is 1. The number of benzene rings is 1. The summed E-state index contributed by atoms with van der Waals surface area (Å²) in [4.78, 5) is 0. The van der Waals surface area contributed by atoms with Crippen molar-refractivity contribution in [2.24, 2.45) is 17.1 Å². The molecule has 1 aliphatic rings. The highest BCUT2D eigenvalue weighted by Crippen LogP contribution is 2.63. The number of halogens is 1. The maximum Gasteiger partial charge on any atom is 0.0406 e. The molecule has 1 aromatic rings. The van der Waals surface area contributed by atoms with E-state index >= 15 is 0 Å². The predicted molar refractivity (Wildman–Crippen MR) is 60.5 cm³/mol. The van der Waals surface area contributed by atoms with Crippen LogP contribution < -0.4 is 5.73 Å². The third-order valence-electron chi connectivity index (χ3n) is 3.53. The molecule has 0 saturated heterocycles. The quantitative estimate of drug-likeness (QED) is 0.796. The first-order chi connectivity index (χ1) is 6.57. The van der Waals surface area contributed by atoms with Gasteiger partial charge >= 0.3 is 0 Å². The van der Waals surface area contributed by atoms with Crippen molar-refractivity contribution >= 4 is 11.6 Å². The fourth-order valence-electron chi connectivity index (χ4n) is 2.52. The Morgan fingerprint density at radius 3 is 2.29 bits per heavy atom. The van der Waals surface area contributed by atoms with Crippen molar-refractivity contribution in [1.82, 2.24) is 0 Å². The largest absolute Gasteiger partial charge is 0.330 e. The van der Waals surface area contributed by atoms with Gasteiger partial charge in [0.1, 0.15) is 0 Å². The summed E-state index contributed by atoms with van der Waals surface area (Å²) in [5, 5.41) is 0.802. The molecule has 14 heavy (non-hydrogen) atoms. The molecule has 0 bridgehead atoms.